The van der Waals surface area contributed by atoms with Crippen LogP contribution >= 0.6 is 23.7 Å². The third kappa shape index (κ3) is 6.09. The first-order valence-electron chi connectivity index (χ1n) is 8.00. The third-order valence-corrected chi connectivity index (χ3v) is 4.86. The molecule has 1 aromatic carbocycles. The second-order valence-electron chi connectivity index (χ2n) is 5.89. The lowest BCUT2D eigenvalue weighted by Gasteiger charge is -2.05. The van der Waals surface area contributed by atoms with Crippen molar-refractivity contribution in [2.45, 2.75) is 51.9 Å². The number of hydrogen-bond acceptors (Lipinski definition) is 4. The lowest BCUT2D eigenvalue weighted by atomic mass is 10.1. The van der Waals surface area contributed by atoms with Crippen LogP contribution in [0.25, 0.3) is 10.2 Å². The second kappa shape index (κ2) is 9.85. The molecule has 0 radical (unpaired) electrons. The van der Waals surface area contributed by atoms with Crippen molar-refractivity contribution >= 4 is 45.6 Å². The molecule has 3 N–H and O–H groups in total. The Morgan fingerprint density at radius 2 is 2.00 bits per heavy atom. The van der Waals surface area contributed by atoms with E-state index in [1.54, 1.807) is 11.3 Å². The molecule has 0 saturated carbocycles. The van der Waals surface area contributed by atoms with Gasteiger partial charge in [-0.2, -0.15) is 0 Å². The Labute approximate surface area is 148 Å². The number of nitrogens with one attached hydrogen (secondary N) is 1. The van der Waals surface area contributed by atoms with Crippen LogP contribution in [-0.4, -0.2) is 17.4 Å². The third-order valence-electron chi connectivity index (χ3n) is 3.54. The summed E-state index contributed by atoms with van der Waals surface area (Å²) in [5.74, 6) is 0.518. The van der Waals surface area contributed by atoms with Gasteiger partial charge in [-0.25, -0.2) is 4.98 Å². The SMILES string of the molecule is CC(C)c1nc2ccc(NC(=O)CCCCCCN)cc2s1.Cl. The maximum absolute atomic E-state index is 11.9. The highest BCUT2D eigenvalue weighted by molar-refractivity contribution is 7.18. The average Bonchev–Trinajstić information content (AvgIpc) is 2.90. The van der Waals surface area contributed by atoms with E-state index < -0.39 is 0 Å². The minimum Gasteiger partial charge on any atom is -0.330 e. The Morgan fingerprint density at radius 3 is 2.70 bits per heavy atom. The maximum Gasteiger partial charge on any atom is 0.224 e. The van der Waals surface area contributed by atoms with Crippen LogP contribution in [0.3, 0.4) is 0 Å². The molecule has 2 aromatic rings. The van der Waals surface area contributed by atoms with Gasteiger partial charge in [-0.15, -0.1) is 23.7 Å². The van der Waals surface area contributed by atoms with Crippen molar-refractivity contribution in [3.05, 3.63) is 23.2 Å². The molecule has 0 aliphatic carbocycles. The summed E-state index contributed by atoms with van der Waals surface area (Å²) in [6.07, 6.45) is 4.71. The fourth-order valence-corrected chi connectivity index (χ4v) is 3.28. The Bertz CT molecular complexity index is 627. The lowest BCUT2D eigenvalue weighted by molar-refractivity contribution is -0.116. The van der Waals surface area contributed by atoms with E-state index in [-0.39, 0.29) is 18.3 Å². The molecule has 0 aliphatic rings. The Balaban J connectivity index is 0.00000264. The van der Waals surface area contributed by atoms with Crippen LogP contribution in [0.2, 0.25) is 0 Å². The number of fused-ring (bicyclic) bond motifs is 1. The van der Waals surface area contributed by atoms with E-state index in [1.807, 2.05) is 18.2 Å². The number of carbonyl (C=O) groups is 1. The number of carbonyl (C=O) groups excluding carboxylic acids is 1. The molecule has 0 fully saturated rings. The number of nitrogens with two attached hydrogens (primary N) is 1. The molecule has 4 nitrogen and oxygen atoms in total. The predicted molar refractivity (Wildman–Crippen MR) is 102 cm³/mol. The number of anilines is 1. The Morgan fingerprint density at radius 1 is 1.26 bits per heavy atom. The number of benzene rings is 1. The summed E-state index contributed by atoms with van der Waals surface area (Å²) in [5.41, 5.74) is 7.32. The number of hydrogen-bond donors (Lipinski definition) is 2. The first-order valence-corrected chi connectivity index (χ1v) is 8.82. The minimum absolute atomic E-state index is 0. The standard InChI is InChI=1S/C17H25N3OS.ClH/c1-12(2)17-20-14-9-8-13(11-15(14)22-17)19-16(21)7-5-3-4-6-10-18;/h8-9,11-12H,3-7,10,18H2,1-2H3,(H,19,21);1H. The smallest absolute Gasteiger partial charge is 0.224 e. The van der Waals surface area contributed by atoms with Crippen LogP contribution < -0.4 is 11.1 Å². The number of unbranched alkanes of at least 4 members (excludes halogenated alkanes) is 3. The van der Waals surface area contributed by atoms with Crippen LogP contribution in [-0.2, 0) is 4.79 Å². The molecule has 1 amide bonds. The van der Waals surface area contributed by atoms with Crippen LogP contribution in [0.4, 0.5) is 5.69 Å². The fourth-order valence-electron chi connectivity index (χ4n) is 2.27. The van der Waals surface area contributed by atoms with E-state index in [0.29, 0.717) is 12.3 Å². The quantitative estimate of drug-likeness (QED) is 0.675. The number of rotatable bonds is 8. The molecule has 1 heterocycles. The maximum atomic E-state index is 11.9. The Kier molecular flexibility index (Phi) is 8.52. The van der Waals surface area contributed by atoms with Crippen molar-refractivity contribution in [3.8, 4) is 0 Å². The minimum atomic E-state index is 0. The number of aromatic nitrogens is 1. The molecule has 0 spiro atoms. The van der Waals surface area contributed by atoms with Gasteiger partial charge in [-0.05, 0) is 37.6 Å². The van der Waals surface area contributed by atoms with Gasteiger partial charge < -0.3 is 11.1 Å². The van der Waals surface area contributed by atoms with Crippen molar-refractivity contribution in [1.82, 2.24) is 4.98 Å². The van der Waals surface area contributed by atoms with Crippen LogP contribution in [0.5, 0.6) is 0 Å². The fraction of sp³-hybridized carbons (Fsp3) is 0.529. The molecule has 6 heteroatoms. The molecule has 23 heavy (non-hydrogen) atoms. The average molecular weight is 356 g/mol. The zero-order chi connectivity index (χ0) is 15.9. The zero-order valence-corrected chi connectivity index (χ0v) is 15.4. The van der Waals surface area contributed by atoms with Crippen LogP contribution in [0.1, 0.15) is 56.9 Å². The van der Waals surface area contributed by atoms with E-state index in [1.165, 1.54) is 0 Å². The molecule has 0 saturated heterocycles. The van der Waals surface area contributed by atoms with Crippen molar-refractivity contribution in [1.29, 1.82) is 0 Å². The highest BCUT2D eigenvalue weighted by atomic mass is 35.5. The predicted octanol–water partition coefficient (Wildman–Crippen LogP) is 4.69. The van der Waals surface area contributed by atoms with Crippen molar-refractivity contribution in [2.24, 2.45) is 5.73 Å². The summed E-state index contributed by atoms with van der Waals surface area (Å²) in [6, 6.07) is 5.93. The van der Waals surface area contributed by atoms with Gasteiger partial charge in [0.2, 0.25) is 5.91 Å². The number of halogens is 1. The normalized spacial score (nSPS) is 10.8. The summed E-state index contributed by atoms with van der Waals surface area (Å²) in [5, 5.41) is 4.12. The second-order valence-corrected chi connectivity index (χ2v) is 6.95. The topological polar surface area (TPSA) is 68.0 Å². The number of thiazole rings is 1. The van der Waals surface area contributed by atoms with Crippen molar-refractivity contribution in [2.75, 3.05) is 11.9 Å². The van der Waals surface area contributed by atoms with Crippen LogP contribution in [0, 0.1) is 0 Å². The van der Waals surface area contributed by atoms with Gasteiger partial charge in [0.25, 0.3) is 0 Å². The van der Waals surface area contributed by atoms with Crippen molar-refractivity contribution in [3.63, 3.8) is 0 Å². The van der Waals surface area contributed by atoms with E-state index in [0.717, 1.165) is 53.1 Å². The molecule has 0 aliphatic heterocycles. The largest absolute Gasteiger partial charge is 0.330 e. The molecular weight excluding hydrogens is 330 g/mol. The summed E-state index contributed by atoms with van der Waals surface area (Å²) in [4.78, 5) is 16.6. The molecule has 0 unspecified atom stereocenters. The first kappa shape index (κ1) is 19.9. The van der Waals surface area contributed by atoms with Crippen molar-refractivity contribution < 1.29 is 4.79 Å². The summed E-state index contributed by atoms with van der Waals surface area (Å²) >= 11 is 1.70. The van der Waals surface area contributed by atoms with Gasteiger partial charge in [0.1, 0.15) is 0 Å². The van der Waals surface area contributed by atoms with Gasteiger partial charge >= 0.3 is 0 Å². The summed E-state index contributed by atoms with van der Waals surface area (Å²) in [6.45, 7) is 5.02. The van der Waals surface area contributed by atoms with Crippen LogP contribution in [0.15, 0.2) is 18.2 Å². The first-order chi connectivity index (χ1) is 10.6. The summed E-state index contributed by atoms with van der Waals surface area (Å²) in [7, 11) is 0. The molecule has 1 aromatic heterocycles. The Hall–Kier alpha value is -1.17. The number of amides is 1. The van der Waals surface area contributed by atoms with E-state index in [4.69, 9.17) is 5.73 Å². The van der Waals surface area contributed by atoms with E-state index in [2.05, 4.69) is 24.1 Å². The molecule has 128 valence electrons. The van der Waals surface area contributed by atoms with Gasteiger partial charge in [0, 0.05) is 18.0 Å². The van der Waals surface area contributed by atoms with E-state index in [9.17, 15) is 4.79 Å². The van der Waals surface area contributed by atoms with Gasteiger partial charge in [0.05, 0.1) is 15.2 Å². The number of nitrogens with zero attached hydrogens (tertiary/aromatic N) is 1. The highest BCUT2D eigenvalue weighted by Gasteiger charge is 2.09. The summed E-state index contributed by atoms with van der Waals surface area (Å²) < 4.78 is 1.13. The highest BCUT2D eigenvalue weighted by Crippen LogP contribution is 2.29. The van der Waals surface area contributed by atoms with E-state index >= 15 is 0 Å². The van der Waals surface area contributed by atoms with Gasteiger partial charge in [0.15, 0.2) is 0 Å². The molecular formula is C17H26ClN3OS. The van der Waals surface area contributed by atoms with Gasteiger partial charge in [-0.1, -0.05) is 26.7 Å². The monoisotopic (exact) mass is 355 g/mol. The molecule has 0 atom stereocenters. The lowest BCUT2D eigenvalue weighted by Crippen LogP contribution is -2.11. The molecule has 0 bridgehead atoms. The zero-order valence-electron chi connectivity index (χ0n) is 13.8. The van der Waals surface area contributed by atoms with Gasteiger partial charge in [-0.3, -0.25) is 4.79 Å². The molecule has 2 rings (SSSR count).